The van der Waals surface area contributed by atoms with E-state index < -0.39 is 0 Å². The Balaban J connectivity index is 1.99. The minimum atomic E-state index is -0.376. The minimum absolute atomic E-state index is 0.114. The molecule has 1 amide bonds. The molecule has 0 aliphatic carbocycles. The van der Waals surface area contributed by atoms with E-state index in [1.165, 1.54) is 11.0 Å². The Morgan fingerprint density at radius 1 is 1.04 bits per heavy atom. The van der Waals surface area contributed by atoms with Crippen molar-refractivity contribution < 1.29 is 9.53 Å². The van der Waals surface area contributed by atoms with Gasteiger partial charge in [-0.3, -0.25) is 4.79 Å². The Labute approximate surface area is 147 Å². The van der Waals surface area contributed by atoms with Gasteiger partial charge in [0.05, 0.1) is 12.1 Å². The van der Waals surface area contributed by atoms with E-state index in [1.807, 2.05) is 66.7 Å². The van der Waals surface area contributed by atoms with Crippen molar-refractivity contribution in [1.29, 1.82) is 10.5 Å². The lowest BCUT2D eigenvalue weighted by atomic mass is 10.2. The molecule has 2 aromatic carbocycles. The molecule has 0 spiro atoms. The van der Waals surface area contributed by atoms with Crippen LogP contribution in [0.2, 0.25) is 0 Å². The number of hydrogen-bond acceptors (Lipinski definition) is 4. The Bertz CT molecular complexity index is 801. The van der Waals surface area contributed by atoms with Crippen molar-refractivity contribution in [1.82, 2.24) is 4.90 Å². The molecular weight excluding hydrogens is 314 g/mol. The van der Waals surface area contributed by atoms with Crippen LogP contribution in [0.1, 0.15) is 11.1 Å². The zero-order valence-corrected chi connectivity index (χ0v) is 13.6. The molecule has 0 saturated carbocycles. The molecule has 5 nitrogen and oxygen atoms in total. The highest BCUT2D eigenvalue weighted by Crippen LogP contribution is 2.16. The third kappa shape index (κ3) is 5.85. The minimum Gasteiger partial charge on any atom is -0.489 e. The van der Waals surface area contributed by atoms with Gasteiger partial charge in [0.1, 0.15) is 25.4 Å². The van der Waals surface area contributed by atoms with Crippen LogP contribution in [0.15, 0.2) is 60.7 Å². The molecule has 0 aliphatic heterocycles. The number of nitrogens with zero attached hydrogens (tertiary/aromatic N) is 3. The standard InChI is InChI=1S/C20H17N3O2/c21-11-13-23(14-12-22)20(24)10-9-17-7-4-8-19(15-17)25-16-18-5-2-1-3-6-18/h1-10,15H,13-14,16H2. The molecule has 0 fully saturated rings. The summed E-state index contributed by atoms with van der Waals surface area (Å²) < 4.78 is 5.75. The summed E-state index contributed by atoms with van der Waals surface area (Å²) in [6.07, 6.45) is 2.99. The van der Waals surface area contributed by atoms with Gasteiger partial charge in [-0.05, 0) is 29.3 Å². The van der Waals surface area contributed by atoms with Gasteiger partial charge in [0, 0.05) is 6.08 Å². The average molecular weight is 331 g/mol. The van der Waals surface area contributed by atoms with Gasteiger partial charge in [-0.25, -0.2) is 0 Å². The monoisotopic (exact) mass is 331 g/mol. The van der Waals surface area contributed by atoms with Crippen molar-refractivity contribution in [3.8, 4) is 17.9 Å². The summed E-state index contributed by atoms with van der Waals surface area (Å²) in [5.41, 5.74) is 1.87. The van der Waals surface area contributed by atoms with Gasteiger partial charge < -0.3 is 9.64 Å². The summed E-state index contributed by atoms with van der Waals surface area (Å²) in [5, 5.41) is 17.4. The maximum Gasteiger partial charge on any atom is 0.248 e. The third-order valence-electron chi connectivity index (χ3n) is 3.36. The van der Waals surface area contributed by atoms with Crippen molar-refractivity contribution in [2.75, 3.05) is 13.1 Å². The lowest BCUT2D eigenvalue weighted by Crippen LogP contribution is -2.30. The van der Waals surface area contributed by atoms with Crippen molar-refractivity contribution in [3.63, 3.8) is 0 Å². The molecule has 0 aliphatic rings. The first kappa shape index (κ1) is 17.8. The fourth-order valence-electron chi connectivity index (χ4n) is 2.10. The quantitative estimate of drug-likeness (QED) is 0.577. The number of benzene rings is 2. The van der Waals surface area contributed by atoms with Crippen LogP contribution in [0, 0.1) is 22.7 Å². The average Bonchev–Trinajstić information content (AvgIpc) is 2.65. The summed E-state index contributed by atoms with van der Waals surface area (Å²) in [5.74, 6) is 0.322. The number of rotatable bonds is 7. The number of carbonyl (C=O) groups excluding carboxylic acids is 1. The summed E-state index contributed by atoms with van der Waals surface area (Å²) in [7, 11) is 0. The number of ether oxygens (including phenoxy) is 1. The fourth-order valence-corrected chi connectivity index (χ4v) is 2.10. The smallest absolute Gasteiger partial charge is 0.248 e. The topological polar surface area (TPSA) is 77.1 Å². The van der Waals surface area contributed by atoms with E-state index in [-0.39, 0.29) is 19.0 Å². The molecule has 0 atom stereocenters. The molecule has 0 heterocycles. The van der Waals surface area contributed by atoms with Crippen LogP contribution >= 0.6 is 0 Å². The van der Waals surface area contributed by atoms with E-state index >= 15 is 0 Å². The Hall–Kier alpha value is -3.57. The summed E-state index contributed by atoms with van der Waals surface area (Å²) >= 11 is 0. The zero-order valence-electron chi connectivity index (χ0n) is 13.6. The van der Waals surface area contributed by atoms with Gasteiger partial charge >= 0.3 is 0 Å². The molecule has 5 heteroatoms. The Kier molecular flexibility index (Phi) is 6.79. The highest BCUT2D eigenvalue weighted by molar-refractivity contribution is 5.92. The van der Waals surface area contributed by atoms with Crippen LogP contribution in [0.25, 0.3) is 6.08 Å². The number of hydrogen-bond donors (Lipinski definition) is 0. The van der Waals surface area contributed by atoms with E-state index in [0.29, 0.717) is 12.4 Å². The molecular formula is C20H17N3O2. The fraction of sp³-hybridized carbons (Fsp3) is 0.150. The lowest BCUT2D eigenvalue weighted by molar-refractivity contribution is -0.124. The molecule has 0 unspecified atom stereocenters. The molecule has 0 bridgehead atoms. The zero-order chi connectivity index (χ0) is 17.9. The van der Waals surface area contributed by atoms with Gasteiger partial charge in [-0.1, -0.05) is 42.5 Å². The second-order valence-corrected chi connectivity index (χ2v) is 5.19. The molecule has 25 heavy (non-hydrogen) atoms. The summed E-state index contributed by atoms with van der Waals surface area (Å²) in [4.78, 5) is 13.2. The largest absolute Gasteiger partial charge is 0.489 e. The molecule has 0 saturated heterocycles. The van der Waals surface area contributed by atoms with Crippen molar-refractivity contribution >= 4 is 12.0 Å². The molecule has 124 valence electrons. The molecule has 2 aromatic rings. The summed E-state index contributed by atoms with van der Waals surface area (Å²) in [6, 6.07) is 20.9. The summed E-state index contributed by atoms with van der Waals surface area (Å²) in [6.45, 7) is 0.235. The van der Waals surface area contributed by atoms with E-state index in [9.17, 15) is 4.79 Å². The Morgan fingerprint density at radius 2 is 1.76 bits per heavy atom. The number of carbonyl (C=O) groups is 1. The van der Waals surface area contributed by atoms with E-state index in [4.69, 9.17) is 15.3 Å². The molecule has 2 rings (SSSR count). The van der Waals surface area contributed by atoms with Crippen LogP contribution < -0.4 is 4.74 Å². The van der Waals surface area contributed by atoms with Crippen LogP contribution in [0.3, 0.4) is 0 Å². The van der Waals surface area contributed by atoms with Crippen molar-refractivity contribution in [3.05, 3.63) is 71.8 Å². The van der Waals surface area contributed by atoms with E-state index in [0.717, 1.165) is 11.1 Å². The predicted molar refractivity (Wildman–Crippen MR) is 94.1 cm³/mol. The van der Waals surface area contributed by atoms with Gasteiger partial charge in [0.25, 0.3) is 0 Å². The maximum atomic E-state index is 12.0. The van der Waals surface area contributed by atoms with E-state index in [2.05, 4.69) is 0 Å². The highest BCUT2D eigenvalue weighted by Gasteiger charge is 2.08. The van der Waals surface area contributed by atoms with Crippen molar-refractivity contribution in [2.45, 2.75) is 6.61 Å². The van der Waals surface area contributed by atoms with E-state index in [1.54, 1.807) is 6.08 Å². The van der Waals surface area contributed by atoms with Crippen molar-refractivity contribution in [2.24, 2.45) is 0 Å². The normalized spacial score (nSPS) is 10.0. The van der Waals surface area contributed by atoms with Gasteiger partial charge in [0.2, 0.25) is 5.91 Å². The predicted octanol–water partition coefficient (Wildman–Crippen LogP) is 3.15. The number of nitriles is 2. The second kappa shape index (κ2) is 9.54. The number of amides is 1. The first-order chi connectivity index (χ1) is 12.2. The van der Waals surface area contributed by atoms with Gasteiger partial charge in [-0.15, -0.1) is 0 Å². The SMILES string of the molecule is N#CCN(CC#N)C(=O)C=Cc1cccc(OCc2ccccc2)c1. The van der Waals surface area contributed by atoms with Crippen LogP contribution in [-0.2, 0) is 11.4 Å². The first-order valence-electron chi connectivity index (χ1n) is 7.70. The van der Waals surface area contributed by atoms with Crippen LogP contribution in [-0.4, -0.2) is 23.9 Å². The second-order valence-electron chi connectivity index (χ2n) is 5.19. The van der Waals surface area contributed by atoms with Crippen LogP contribution in [0.4, 0.5) is 0 Å². The molecule has 0 N–H and O–H groups in total. The lowest BCUT2D eigenvalue weighted by Gasteiger charge is -2.12. The maximum absolute atomic E-state index is 12.0. The van der Waals surface area contributed by atoms with Gasteiger partial charge in [-0.2, -0.15) is 10.5 Å². The third-order valence-corrected chi connectivity index (χ3v) is 3.36. The molecule has 0 radical (unpaired) electrons. The highest BCUT2D eigenvalue weighted by atomic mass is 16.5. The van der Waals surface area contributed by atoms with Gasteiger partial charge in [0.15, 0.2) is 0 Å². The Morgan fingerprint density at radius 3 is 2.44 bits per heavy atom. The van der Waals surface area contributed by atoms with Crippen LogP contribution in [0.5, 0.6) is 5.75 Å². The first-order valence-corrected chi connectivity index (χ1v) is 7.70. The molecule has 0 aromatic heterocycles.